The molecule has 3 N–H and O–H groups in total. The quantitative estimate of drug-likeness (QED) is 0.311. The van der Waals surface area contributed by atoms with Crippen molar-refractivity contribution in [3.63, 3.8) is 0 Å². The van der Waals surface area contributed by atoms with Crippen LogP contribution >= 0.6 is 0 Å². The number of rotatable bonds is 8. The van der Waals surface area contributed by atoms with Gasteiger partial charge in [0.1, 0.15) is 23.2 Å². The molecule has 0 saturated carbocycles. The Morgan fingerprint density at radius 2 is 1.81 bits per heavy atom. The molecule has 2 aromatic carbocycles. The third-order valence-electron chi connectivity index (χ3n) is 7.13. The van der Waals surface area contributed by atoms with Crippen LogP contribution in [0.2, 0.25) is 0 Å². The van der Waals surface area contributed by atoms with Crippen molar-refractivity contribution >= 4 is 39.6 Å². The first-order valence-corrected chi connectivity index (χ1v) is 12.4. The van der Waals surface area contributed by atoms with Crippen LogP contribution in [0.4, 0.5) is 22.9 Å². The molecular weight excluding hydrogens is 470 g/mol. The Balaban J connectivity index is 1.33. The third kappa shape index (κ3) is 4.64. The summed E-state index contributed by atoms with van der Waals surface area (Å²) < 4.78 is 0. The summed E-state index contributed by atoms with van der Waals surface area (Å²) in [6, 6.07) is 10.5. The third-order valence-corrected chi connectivity index (χ3v) is 7.13. The highest BCUT2D eigenvalue weighted by Gasteiger charge is 2.36. The van der Waals surface area contributed by atoms with Crippen LogP contribution in [0, 0.1) is 6.92 Å². The fraction of sp³-hybridized carbons (Fsp3) is 0.321. The minimum Gasteiger partial charge on any atom is -0.480 e. The molecule has 4 aromatic rings. The van der Waals surface area contributed by atoms with E-state index in [4.69, 9.17) is 0 Å². The van der Waals surface area contributed by atoms with E-state index in [1.165, 1.54) is 0 Å². The number of benzene rings is 1. The second-order valence-electron chi connectivity index (χ2n) is 9.83. The SMILES string of the molecule is Cc1cc2ccncc2c(Nc2ccc(CC(Nc3c(N4C(C)CCC4C)c(=O)c3=O)C(=O)O)cc2)n1. The number of carboxylic acids is 1. The summed E-state index contributed by atoms with van der Waals surface area (Å²) >= 11 is 0. The normalized spacial score (nSPS) is 18.3. The van der Waals surface area contributed by atoms with Crippen LogP contribution in [0.15, 0.2) is 58.4 Å². The molecule has 1 aliphatic rings. The Labute approximate surface area is 213 Å². The lowest BCUT2D eigenvalue weighted by atomic mass is 10.0. The van der Waals surface area contributed by atoms with Gasteiger partial charge in [-0.3, -0.25) is 14.6 Å². The van der Waals surface area contributed by atoms with Crippen molar-refractivity contribution in [1.82, 2.24) is 9.97 Å². The van der Waals surface area contributed by atoms with E-state index in [1.54, 1.807) is 12.4 Å². The van der Waals surface area contributed by atoms with E-state index in [2.05, 4.69) is 20.6 Å². The molecule has 190 valence electrons. The van der Waals surface area contributed by atoms with E-state index in [-0.39, 0.29) is 24.2 Å². The smallest absolute Gasteiger partial charge is 0.326 e. The maximum Gasteiger partial charge on any atom is 0.326 e. The zero-order chi connectivity index (χ0) is 26.3. The molecule has 2 aromatic heterocycles. The van der Waals surface area contributed by atoms with E-state index in [9.17, 15) is 19.5 Å². The van der Waals surface area contributed by atoms with Crippen molar-refractivity contribution in [2.24, 2.45) is 0 Å². The number of pyridine rings is 2. The minimum absolute atomic E-state index is 0.113. The Bertz CT molecular complexity index is 1530. The average Bonchev–Trinajstić information content (AvgIpc) is 3.20. The number of nitrogens with zero attached hydrogens (tertiary/aromatic N) is 3. The van der Waals surface area contributed by atoms with Gasteiger partial charge in [0.05, 0.1) is 0 Å². The van der Waals surface area contributed by atoms with Crippen LogP contribution in [-0.4, -0.2) is 39.2 Å². The summed E-state index contributed by atoms with van der Waals surface area (Å²) in [6.07, 6.45) is 5.50. The van der Waals surface area contributed by atoms with E-state index in [1.807, 2.05) is 62.1 Å². The maximum atomic E-state index is 12.4. The van der Waals surface area contributed by atoms with Crippen molar-refractivity contribution in [3.05, 3.63) is 80.5 Å². The van der Waals surface area contributed by atoms with Gasteiger partial charge < -0.3 is 20.6 Å². The van der Waals surface area contributed by atoms with Crippen molar-refractivity contribution < 1.29 is 9.90 Å². The van der Waals surface area contributed by atoms with E-state index in [0.29, 0.717) is 11.5 Å². The number of aliphatic carboxylic acids is 1. The Morgan fingerprint density at radius 3 is 2.49 bits per heavy atom. The fourth-order valence-corrected chi connectivity index (χ4v) is 5.18. The zero-order valence-electron chi connectivity index (χ0n) is 21.0. The summed E-state index contributed by atoms with van der Waals surface area (Å²) in [6.45, 7) is 5.96. The van der Waals surface area contributed by atoms with E-state index >= 15 is 0 Å². The second-order valence-corrected chi connectivity index (χ2v) is 9.83. The molecule has 0 spiro atoms. The van der Waals surface area contributed by atoms with Gasteiger partial charge in [0.2, 0.25) is 0 Å². The maximum absolute atomic E-state index is 12.4. The number of carboxylic acid groups (broad SMARTS) is 1. The van der Waals surface area contributed by atoms with Crippen molar-refractivity contribution in [3.8, 4) is 0 Å². The van der Waals surface area contributed by atoms with Gasteiger partial charge in [-0.05, 0) is 68.8 Å². The van der Waals surface area contributed by atoms with Crippen LogP contribution in [0.25, 0.3) is 10.8 Å². The molecule has 0 amide bonds. The number of fused-ring (bicyclic) bond motifs is 1. The van der Waals surface area contributed by atoms with Crippen LogP contribution in [0.1, 0.15) is 37.9 Å². The highest BCUT2D eigenvalue weighted by molar-refractivity contribution is 5.93. The molecule has 37 heavy (non-hydrogen) atoms. The number of hydrogen-bond acceptors (Lipinski definition) is 8. The van der Waals surface area contributed by atoms with Crippen LogP contribution in [0.3, 0.4) is 0 Å². The molecule has 3 unspecified atom stereocenters. The lowest BCUT2D eigenvalue weighted by Crippen LogP contribution is -2.48. The Kier molecular flexibility index (Phi) is 6.37. The number of carbonyl (C=O) groups is 1. The van der Waals surface area contributed by atoms with Crippen molar-refractivity contribution in [2.45, 2.75) is 58.2 Å². The molecule has 5 rings (SSSR count). The van der Waals surface area contributed by atoms with Gasteiger partial charge in [0, 0.05) is 47.7 Å². The van der Waals surface area contributed by atoms with Gasteiger partial charge >= 0.3 is 5.97 Å². The number of aromatic nitrogens is 2. The predicted octanol–water partition coefficient (Wildman–Crippen LogP) is 3.76. The molecule has 9 heteroatoms. The molecule has 1 saturated heterocycles. The van der Waals surface area contributed by atoms with Crippen LogP contribution in [-0.2, 0) is 11.2 Å². The highest BCUT2D eigenvalue weighted by atomic mass is 16.4. The largest absolute Gasteiger partial charge is 0.480 e. The zero-order valence-corrected chi connectivity index (χ0v) is 21.0. The summed E-state index contributed by atoms with van der Waals surface area (Å²) in [5.74, 6) is -0.398. The monoisotopic (exact) mass is 499 g/mol. The first-order chi connectivity index (χ1) is 17.7. The molecule has 1 aliphatic heterocycles. The molecule has 3 heterocycles. The standard InChI is InChI=1S/C28H29N5O4/c1-15-12-19-10-11-29-14-21(19)27(30-15)31-20-8-6-18(7-9-20)13-22(28(36)37)32-23-24(26(35)25(23)34)33-16(2)4-5-17(33)3/h6-12,14,16-17,22,32H,4-5,13H2,1-3H3,(H,30,31)(H,36,37). The summed E-state index contributed by atoms with van der Waals surface area (Å²) in [7, 11) is 0. The first kappa shape index (κ1) is 24.4. The summed E-state index contributed by atoms with van der Waals surface area (Å²) in [5, 5.41) is 18.0. The molecule has 0 radical (unpaired) electrons. The number of nitrogens with one attached hydrogen (secondary N) is 2. The number of hydrogen-bond donors (Lipinski definition) is 3. The predicted molar refractivity (Wildman–Crippen MR) is 145 cm³/mol. The fourth-order valence-electron chi connectivity index (χ4n) is 5.18. The van der Waals surface area contributed by atoms with Gasteiger partial charge in [-0.15, -0.1) is 0 Å². The second kappa shape index (κ2) is 9.65. The molecule has 9 nitrogen and oxygen atoms in total. The van der Waals surface area contributed by atoms with Gasteiger partial charge in [0.25, 0.3) is 10.9 Å². The first-order valence-electron chi connectivity index (χ1n) is 12.4. The number of aryl methyl sites for hydroxylation is 1. The summed E-state index contributed by atoms with van der Waals surface area (Å²) in [4.78, 5) is 47.6. The van der Waals surface area contributed by atoms with E-state index < -0.39 is 22.9 Å². The molecule has 3 atom stereocenters. The van der Waals surface area contributed by atoms with Crippen LogP contribution < -0.4 is 26.4 Å². The Hall–Kier alpha value is -4.27. The topological polar surface area (TPSA) is 125 Å². The highest BCUT2D eigenvalue weighted by Crippen LogP contribution is 2.33. The summed E-state index contributed by atoms with van der Waals surface area (Å²) in [5.41, 5.74) is 1.69. The molecule has 0 bridgehead atoms. The average molecular weight is 500 g/mol. The van der Waals surface area contributed by atoms with Crippen LogP contribution in [0.5, 0.6) is 0 Å². The lowest BCUT2D eigenvalue weighted by Gasteiger charge is -2.32. The van der Waals surface area contributed by atoms with Crippen molar-refractivity contribution in [1.29, 1.82) is 0 Å². The molecule has 1 fully saturated rings. The van der Waals surface area contributed by atoms with Gasteiger partial charge in [-0.25, -0.2) is 9.78 Å². The number of anilines is 4. The van der Waals surface area contributed by atoms with Gasteiger partial charge in [0.15, 0.2) is 0 Å². The van der Waals surface area contributed by atoms with E-state index in [0.717, 1.165) is 40.6 Å². The van der Waals surface area contributed by atoms with Gasteiger partial charge in [-0.2, -0.15) is 0 Å². The lowest BCUT2D eigenvalue weighted by molar-refractivity contribution is -0.137. The Morgan fingerprint density at radius 1 is 1.11 bits per heavy atom. The van der Waals surface area contributed by atoms with Gasteiger partial charge in [-0.1, -0.05) is 12.1 Å². The van der Waals surface area contributed by atoms with Crippen molar-refractivity contribution in [2.75, 3.05) is 15.5 Å². The molecule has 0 aliphatic carbocycles. The molecular formula is C28H29N5O4. The minimum atomic E-state index is -1.09.